The van der Waals surface area contributed by atoms with E-state index in [9.17, 15) is 0 Å². The third-order valence-electron chi connectivity index (χ3n) is 10.7. The van der Waals surface area contributed by atoms with E-state index in [2.05, 4.69) is 168 Å². The van der Waals surface area contributed by atoms with Crippen LogP contribution in [0.3, 0.4) is 0 Å². The first-order valence-electron chi connectivity index (χ1n) is 17.3. The first-order valence-corrected chi connectivity index (χ1v) is 21.5. The average Bonchev–Trinajstić information content (AvgIpc) is 3.85. The van der Waals surface area contributed by atoms with Crippen LogP contribution in [0.5, 0.6) is 0 Å². The second-order valence-electron chi connectivity index (χ2n) is 13.3. The summed E-state index contributed by atoms with van der Waals surface area (Å²) in [6.07, 6.45) is 0. The Kier molecular flexibility index (Phi) is 6.10. The van der Waals surface area contributed by atoms with Crippen molar-refractivity contribution < 1.29 is 4.42 Å². The SMILES string of the molecule is c1ccc(-c2nc(-n3c4ccccc4c4c5oc6ccccc6c5ccc43)nc3[c]2[Ge]([c]2ccccc2)([c]2ccccc2)[c]2ccccc2-3)cc1. The average molecular weight is 712 g/mol. The van der Waals surface area contributed by atoms with Crippen LogP contribution < -0.4 is 17.6 Å². The van der Waals surface area contributed by atoms with Crippen molar-refractivity contribution in [3.63, 3.8) is 0 Å². The van der Waals surface area contributed by atoms with Gasteiger partial charge in [0.1, 0.15) is 0 Å². The fraction of sp³-hybridized carbons (Fsp3) is 0. The number of hydrogen-bond acceptors (Lipinski definition) is 3. The molecule has 238 valence electrons. The molecule has 1 aliphatic rings. The van der Waals surface area contributed by atoms with Crippen LogP contribution in [0.25, 0.3) is 72.2 Å². The zero-order valence-corrected chi connectivity index (χ0v) is 29.6. The molecule has 4 nitrogen and oxygen atoms in total. The molecule has 4 heterocycles. The van der Waals surface area contributed by atoms with E-state index in [-0.39, 0.29) is 0 Å². The van der Waals surface area contributed by atoms with E-state index in [0.717, 1.165) is 60.7 Å². The molecule has 0 N–H and O–H groups in total. The van der Waals surface area contributed by atoms with E-state index in [1.54, 1.807) is 0 Å². The van der Waals surface area contributed by atoms with Crippen LogP contribution in [0.1, 0.15) is 0 Å². The standard InChI is InChI=1S/C46H29GeN3O/c1-4-16-30(17-5-1)43-42-44(35-23-10-13-25-37(35)47(42,31-18-6-2-7-19-31)32-20-8-3-9-21-32)49-46(48-43)50-38-26-14-11-24-36(38)41-39(50)29-28-34-33-22-12-15-27-40(33)51-45(34)41/h1-29H. The van der Waals surface area contributed by atoms with Crippen molar-refractivity contribution in [2.75, 3.05) is 0 Å². The molecule has 10 aromatic rings. The van der Waals surface area contributed by atoms with E-state index in [4.69, 9.17) is 14.4 Å². The number of fused-ring (bicyclic) bond motifs is 10. The van der Waals surface area contributed by atoms with E-state index in [0.29, 0.717) is 5.95 Å². The molecule has 7 aromatic carbocycles. The van der Waals surface area contributed by atoms with Gasteiger partial charge in [-0.25, -0.2) is 0 Å². The van der Waals surface area contributed by atoms with Gasteiger partial charge >= 0.3 is 298 Å². The molecule has 51 heavy (non-hydrogen) atoms. The number of nitrogens with zero attached hydrogens (tertiary/aromatic N) is 3. The van der Waals surface area contributed by atoms with Gasteiger partial charge in [-0.2, -0.15) is 0 Å². The topological polar surface area (TPSA) is 43.9 Å². The number of furan rings is 1. The summed E-state index contributed by atoms with van der Waals surface area (Å²) in [4.78, 5) is 11.3. The minimum absolute atomic E-state index is 0.656. The van der Waals surface area contributed by atoms with Gasteiger partial charge in [-0.05, 0) is 0 Å². The number of aromatic nitrogens is 3. The van der Waals surface area contributed by atoms with Gasteiger partial charge in [0.05, 0.1) is 0 Å². The molecular formula is C46H29GeN3O. The Labute approximate surface area is 296 Å². The van der Waals surface area contributed by atoms with Crippen LogP contribution in [0, 0.1) is 0 Å². The Morgan fingerprint density at radius 3 is 1.84 bits per heavy atom. The van der Waals surface area contributed by atoms with Crippen LogP contribution in [-0.4, -0.2) is 27.8 Å². The molecule has 0 aliphatic carbocycles. The van der Waals surface area contributed by atoms with Crippen molar-refractivity contribution in [3.05, 3.63) is 176 Å². The fourth-order valence-electron chi connectivity index (χ4n) is 8.65. The van der Waals surface area contributed by atoms with Crippen molar-refractivity contribution in [1.82, 2.24) is 14.5 Å². The normalized spacial score (nSPS) is 13.3. The molecule has 11 rings (SSSR count). The molecule has 0 bridgehead atoms. The van der Waals surface area contributed by atoms with Gasteiger partial charge in [0.2, 0.25) is 0 Å². The number of para-hydroxylation sites is 2. The predicted octanol–water partition coefficient (Wildman–Crippen LogP) is 8.50. The monoisotopic (exact) mass is 713 g/mol. The molecule has 0 amide bonds. The Balaban J connectivity index is 1.31. The van der Waals surface area contributed by atoms with Gasteiger partial charge in [-0.1, -0.05) is 0 Å². The van der Waals surface area contributed by atoms with Crippen molar-refractivity contribution in [3.8, 4) is 28.5 Å². The van der Waals surface area contributed by atoms with Crippen molar-refractivity contribution >= 4 is 74.6 Å². The summed E-state index contributed by atoms with van der Waals surface area (Å²) in [6, 6.07) is 63.2. The first-order chi connectivity index (χ1) is 25.3. The zero-order chi connectivity index (χ0) is 33.5. The first kappa shape index (κ1) is 28.6. The Morgan fingerprint density at radius 1 is 0.471 bits per heavy atom. The van der Waals surface area contributed by atoms with Crippen LogP contribution in [0.4, 0.5) is 0 Å². The Bertz CT molecular complexity index is 2930. The van der Waals surface area contributed by atoms with Gasteiger partial charge in [-0.15, -0.1) is 0 Å². The third-order valence-corrected chi connectivity index (χ3v) is 20.9. The summed E-state index contributed by atoms with van der Waals surface area (Å²) in [5.41, 5.74) is 8.15. The van der Waals surface area contributed by atoms with E-state index in [1.165, 1.54) is 23.1 Å². The molecular weight excluding hydrogens is 683 g/mol. The Morgan fingerprint density at radius 2 is 1.08 bits per heavy atom. The zero-order valence-electron chi connectivity index (χ0n) is 27.5. The molecule has 3 aromatic heterocycles. The van der Waals surface area contributed by atoms with Gasteiger partial charge < -0.3 is 0 Å². The van der Waals surface area contributed by atoms with Crippen molar-refractivity contribution in [2.45, 2.75) is 0 Å². The van der Waals surface area contributed by atoms with Crippen LogP contribution >= 0.6 is 0 Å². The van der Waals surface area contributed by atoms with E-state index in [1.807, 2.05) is 12.1 Å². The molecule has 0 saturated carbocycles. The minimum atomic E-state index is -3.65. The summed E-state index contributed by atoms with van der Waals surface area (Å²) in [7, 11) is 0. The summed E-state index contributed by atoms with van der Waals surface area (Å²) < 4.78 is 14.3. The summed E-state index contributed by atoms with van der Waals surface area (Å²) in [5, 5.41) is 4.42. The molecule has 0 saturated heterocycles. The summed E-state index contributed by atoms with van der Waals surface area (Å²) >= 11 is -3.65. The predicted molar refractivity (Wildman–Crippen MR) is 212 cm³/mol. The molecule has 1 aliphatic heterocycles. The quantitative estimate of drug-likeness (QED) is 0.172. The Hall–Kier alpha value is -6.24. The molecule has 0 spiro atoms. The fourth-order valence-corrected chi connectivity index (χ4v) is 19.6. The van der Waals surface area contributed by atoms with E-state index < -0.39 is 13.3 Å². The molecule has 0 unspecified atom stereocenters. The molecule has 0 radical (unpaired) electrons. The second kappa shape index (κ2) is 10.9. The van der Waals surface area contributed by atoms with Gasteiger partial charge in [-0.3, -0.25) is 0 Å². The maximum atomic E-state index is 6.62. The summed E-state index contributed by atoms with van der Waals surface area (Å²) in [6.45, 7) is 0. The van der Waals surface area contributed by atoms with Crippen LogP contribution in [-0.2, 0) is 0 Å². The second-order valence-corrected chi connectivity index (χ2v) is 21.0. The van der Waals surface area contributed by atoms with Crippen LogP contribution in [0.2, 0.25) is 0 Å². The van der Waals surface area contributed by atoms with Crippen molar-refractivity contribution in [1.29, 1.82) is 0 Å². The van der Waals surface area contributed by atoms with Crippen LogP contribution in [0.15, 0.2) is 180 Å². The maximum absolute atomic E-state index is 6.62. The third kappa shape index (κ3) is 3.91. The molecule has 5 heteroatoms. The number of benzene rings is 7. The number of hydrogen-bond donors (Lipinski definition) is 0. The van der Waals surface area contributed by atoms with E-state index >= 15 is 0 Å². The summed E-state index contributed by atoms with van der Waals surface area (Å²) in [5.74, 6) is 0.656. The van der Waals surface area contributed by atoms with Gasteiger partial charge in [0.15, 0.2) is 0 Å². The molecule has 0 atom stereocenters. The van der Waals surface area contributed by atoms with Gasteiger partial charge in [0, 0.05) is 0 Å². The number of rotatable bonds is 4. The van der Waals surface area contributed by atoms with Gasteiger partial charge in [0.25, 0.3) is 0 Å². The molecule has 0 fully saturated rings. The van der Waals surface area contributed by atoms with Crippen molar-refractivity contribution in [2.24, 2.45) is 0 Å².